The van der Waals surface area contributed by atoms with Crippen molar-refractivity contribution in [2.45, 2.75) is 26.5 Å². The van der Waals surface area contributed by atoms with Gasteiger partial charge in [-0.3, -0.25) is 24.3 Å². The third kappa shape index (κ3) is 4.13. The quantitative estimate of drug-likeness (QED) is 0.441. The predicted molar refractivity (Wildman–Crippen MR) is 69.9 cm³/mol. The molecule has 1 heterocycles. The maximum Gasteiger partial charge on any atom is 0.343 e. The van der Waals surface area contributed by atoms with Gasteiger partial charge in [0.05, 0.1) is 24.3 Å². The minimum absolute atomic E-state index is 0.396. The molecule has 0 aliphatic rings. The number of aromatic nitrogens is 1. The first-order valence-corrected chi connectivity index (χ1v) is 5.93. The van der Waals surface area contributed by atoms with Gasteiger partial charge in [-0.2, -0.15) is 0 Å². The van der Waals surface area contributed by atoms with E-state index in [1.807, 2.05) is 0 Å². The minimum Gasteiger partial charge on any atom is -0.465 e. The average Bonchev–Trinajstić information content (AvgIpc) is 2.38. The van der Waals surface area contributed by atoms with Crippen molar-refractivity contribution >= 4 is 17.6 Å². The smallest absolute Gasteiger partial charge is 0.343 e. The van der Waals surface area contributed by atoms with Gasteiger partial charge < -0.3 is 9.47 Å². The maximum absolute atomic E-state index is 12.0. The lowest BCUT2D eigenvalue weighted by Crippen LogP contribution is -2.30. The normalized spacial score (nSPS) is 10.3. The highest BCUT2D eigenvalue weighted by atomic mass is 16.6. The lowest BCUT2D eigenvalue weighted by Gasteiger charge is -2.10. The molecule has 0 atom stereocenters. The van der Waals surface area contributed by atoms with E-state index in [9.17, 15) is 24.5 Å². The molecule has 0 N–H and O–H groups in total. The Morgan fingerprint density at radius 1 is 1.43 bits per heavy atom. The van der Waals surface area contributed by atoms with Crippen molar-refractivity contribution in [2.24, 2.45) is 0 Å². The Balaban J connectivity index is 3.27. The molecule has 1 aromatic rings. The summed E-state index contributed by atoms with van der Waals surface area (Å²) >= 11 is 0. The molecule has 114 valence electrons. The summed E-state index contributed by atoms with van der Waals surface area (Å²) in [4.78, 5) is 45.0. The second-order valence-electron chi connectivity index (χ2n) is 4.33. The number of hydrogen-bond acceptors (Lipinski definition) is 7. The van der Waals surface area contributed by atoms with Crippen LogP contribution in [-0.4, -0.2) is 34.6 Å². The van der Waals surface area contributed by atoms with Crippen molar-refractivity contribution in [2.75, 3.05) is 7.11 Å². The van der Waals surface area contributed by atoms with E-state index in [2.05, 4.69) is 4.74 Å². The van der Waals surface area contributed by atoms with Crippen LogP contribution in [0.15, 0.2) is 17.1 Å². The summed E-state index contributed by atoms with van der Waals surface area (Å²) in [5.74, 6) is -1.77. The molecule has 0 saturated heterocycles. The first-order valence-electron chi connectivity index (χ1n) is 5.93. The van der Waals surface area contributed by atoms with Gasteiger partial charge in [0.1, 0.15) is 12.1 Å². The molecule has 1 rings (SSSR count). The largest absolute Gasteiger partial charge is 0.465 e. The molecule has 9 heteroatoms. The van der Waals surface area contributed by atoms with Crippen LogP contribution in [0.4, 0.5) is 5.69 Å². The summed E-state index contributed by atoms with van der Waals surface area (Å²) in [5.41, 5.74) is -1.90. The molecular formula is C12H14N2O7. The standard InChI is InChI=1S/C12H14N2O7/c1-7(2)21-10(15)6-13-5-8(14(18)19)4-9(11(13)16)12(17)20-3/h4-5,7H,6H2,1-3H3. The van der Waals surface area contributed by atoms with Gasteiger partial charge in [-0.15, -0.1) is 0 Å². The van der Waals surface area contributed by atoms with E-state index in [0.29, 0.717) is 0 Å². The van der Waals surface area contributed by atoms with Crippen LogP contribution in [0.5, 0.6) is 0 Å². The molecule has 0 unspecified atom stereocenters. The van der Waals surface area contributed by atoms with Crippen molar-refractivity contribution in [1.29, 1.82) is 0 Å². The van der Waals surface area contributed by atoms with Crippen LogP contribution in [-0.2, 0) is 20.8 Å². The highest BCUT2D eigenvalue weighted by molar-refractivity contribution is 5.89. The van der Waals surface area contributed by atoms with E-state index in [0.717, 1.165) is 23.9 Å². The third-order valence-electron chi connectivity index (χ3n) is 2.35. The van der Waals surface area contributed by atoms with Gasteiger partial charge >= 0.3 is 11.9 Å². The van der Waals surface area contributed by atoms with Crippen LogP contribution in [0.3, 0.4) is 0 Å². The fourth-order valence-corrected chi connectivity index (χ4v) is 1.53. The molecule has 21 heavy (non-hydrogen) atoms. The fraction of sp³-hybridized carbons (Fsp3) is 0.417. The zero-order valence-electron chi connectivity index (χ0n) is 11.7. The summed E-state index contributed by atoms with van der Waals surface area (Å²) in [7, 11) is 1.04. The molecule has 0 aliphatic carbocycles. The maximum atomic E-state index is 12.0. The van der Waals surface area contributed by atoms with Gasteiger partial charge in [0, 0.05) is 6.07 Å². The zero-order valence-corrected chi connectivity index (χ0v) is 11.7. The summed E-state index contributed by atoms with van der Waals surface area (Å²) in [6.45, 7) is 2.70. The van der Waals surface area contributed by atoms with Crippen LogP contribution in [0, 0.1) is 10.1 Å². The first-order chi connectivity index (χ1) is 9.76. The number of nitrogens with zero attached hydrogens (tertiary/aromatic N) is 2. The number of carbonyl (C=O) groups is 2. The number of ether oxygens (including phenoxy) is 2. The SMILES string of the molecule is COC(=O)c1cc([N+](=O)[O-])cn(CC(=O)OC(C)C)c1=O. The molecule has 0 saturated carbocycles. The molecular weight excluding hydrogens is 284 g/mol. The van der Waals surface area contributed by atoms with Crippen molar-refractivity contribution < 1.29 is 24.0 Å². The molecule has 0 fully saturated rings. The number of methoxy groups -OCH3 is 1. The molecule has 1 aromatic heterocycles. The van der Waals surface area contributed by atoms with Crippen LogP contribution in [0.1, 0.15) is 24.2 Å². The molecule has 0 radical (unpaired) electrons. The highest BCUT2D eigenvalue weighted by Crippen LogP contribution is 2.11. The Morgan fingerprint density at radius 3 is 2.52 bits per heavy atom. The molecule has 9 nitrogen and oxygen atoms in total. The van der Waals surface area contributed by atoms with E-state index < -0.39 is 46.3 Å². The Bertz CT molecular complexity index is 633. The topological polar surface area (TPSA) is 118 Å². The van der Waals surface area contributed by atoms with Crippen molar-refractivity contribution in [3.63, 3.8) is 0 Å². The summed E-state index contributed by atoms with van der Waals surface area (Å²) in [6.07, 6.45) is 0.475. The van der Waals surface area contributed by atoms with Gasteiger partial charge in [-0.05, 0) is 13.8 Å². The van der Waals surface area contributed by atoms with Crippen molar-refractivity contribution in [3.05, 3.63) is 38.3 Å². The number of nitro groups is 1. The molecule has 0 bridgehead atoms. The Hall–Kier alpha value is -2.71. The van der Waals surface area contributed by atoms with Gasteiger partial charge in [0.2, 0.25) is 0 Å². The van der Waals surface area contributed by atoms with Gasteiger partial charge in [-0.1, -0.05) is 0 Å². The summed E-state index contributed by atoms with van der Waals surface area (Å²) in [5, 5.41) is 10.8. The van der Waals surface area contributed by atoms with E-state index in [-0.39, 0.29) is 0 Å². The molecule has 0 spiro atoms. The average molecular weight is 298 g/mol. The van der Waals surface area contributed by atoms with Crippen LogP contribution in [0.25, 0.3) is 0 Å². The number of pyridine rings is 1. The third-order valence-corrected chi connectivity index (χ3v) is 2.35. The molecule has 0 aromatic carbocycles. The van der Waals surface area contributed by atoms with Gasteiger partial charge in [-0.25, -0.2) is 4.79 Å². The molecule has 0 amide bonds. The Morgan fingerprint density at radius 2 is 2.05 bits per heavy atom. The number of esters is 2. The first kappa shape index (κ1) is 16.3. The lowest BCUT2D eigenvalue weighted by molar-refractivity contribution is -0.385. The highest BCUT2D eigenvalue weighted by Gasteiger charge is 2.21. The van der Waals surface area contributed by atoms with E-state index in [4.69, 9.17) is 4.74 Å². The number of rotatable bonds is 5. The van der Waals surface area contributed by atoms with E-state index in [1.165, 1.54) is 0 Å². The van der Waals surface area contributed by atoms with E-state index >= 15 is 0 Å². The minimum atomic E-state index is -1.02. The fourth-order valence-electron chi connectivity index (χ4n) is 1.53. The second kappa shape index (κ2) is 6.64. The van der Waals surface area contributed by atoms with Crippen LogP contribution < -0.4 is 5.56 Å². The van der Waals surface area contributed by atoms with Crippen LogP contribution >= 0.6 is 0 Å². The van der Waals surface area contributed by atoms with Gasteiger partial charge in [0.25, 0.3) is 11.2 Å². The monoisotopic (exact) mass is 298 g/mol. The van der Waals surface area contributed by atoms with E-state index in [1.54, 1.807) is 13.8 Å². The molecule has 0 aliphatic heterocycles. The summed E-state index contributed by atoms with van der Waals surface area (Å²) < 4.78 is 9.98. The Labute approximate surface area is 119 Å². The van der Waals surface area contributed by atoms with Crippen molar-refractivity contribution in [3.8, 4) is 0 Å². The number of hydrogen-bond donors (Lipinski definition) is 0. The summed E-state index contributed by atoms with van der Waals surface area (Å²) in [6, 6.07) is 0.804. The predicted octanol–water partition coefficient (Wildman–Crippen LogP) is 0.495. The van der Waals surface area contributed by atoms with Crippen LogP contribution in [0.2, 0.25) is 0 Å². The number of carbonyl (C=O) groups excluding carboxylic acids is 2. The Kier molecular flexibility index (Phi) is 5.17. The second-order valence-corrected chi connectivity index (χ2v) is 4.33. The lowest BCUT2D eigenvalue weighted by atomic mass is 10.2. The zero-order chi connectivity index (χ0) is 16.2. The van der Waals surface area contributed by atoms with Crippen molar-refractivity contribution in [1.82, 2.24) is 4.57 Å². The van der Waals surface area contributed by atoms with Gasteiger partial charge in [0.15, 0.2) is 0 Å².